The molecular formula is C23H28FN3O2S. The van der Waals surface area contributed by atoms with E-state index in [1.807, 2.05) is 20.8 Å². The molecule has 0 radical (unpaired) electrons. The topological polar surface area (TPSA) is 63.0 Å². The Morgan fingerprint density at radius 1 is 1.40 bits per heavy atom. The summed E-state index contributed by atoms with van der Waals surface area (Å²) in [5.74, 6) is 3.53. The van der Waals surface area contributed by atoms with E-state index in [2.05, 4.69) is 15.6 Å². The van der Waals surface area contributed by atoms with Crippen LogP contribution in [0, 0.1) is 18.2 Å². The molecule has 3 atom stereocenters. The number of amidine groups is 1. The number of aliphatic imine (C=N–C) groups is 1. The van der Waals surface area contributed by atoms with Gasteiger partial charge in [-0.05, 0) is 70.7 Å². The number of halogens is 1. The number of allylic oxidation sites excluding steroid dienone is 1. The number of hydrogen-bond acceptors (Lipinski definition) is 5. The van der Waals surface area contributed by atoms with Crippen LogP contribution in [-0.2, 0) is 20.0 Å². The quantitative estimate of drug-likeness (QED) is 0.721. The fraction of sp³-hybridized carbons (Fsp3) is 0.522. The fourth-order valence-corrected chi connectivity index (χ4v) is 7.70. The van der Waals surface area contributed by atoms with Gasteiger partial charge in [-0.1, -0.05) is 5.92 Å². The molecule has 3 aliphatic rings. The van der Waals surface area contributed by atoms with Crippen molar-refractivity contribution in [2.24, 2.45) is 9.36 Å². The monoisotopic (exact) mass is 429 g/mol. The van der Waals surface area contributed by atoms with Crippen LogP contribution in [0.4, 0.5) is 4.39 Å². The first-order valence-electron chi connectivity index (χ1n) is 10.1. The molecule has 1 N–H and O–H groups in total. The van der Waals surface area contributed by atoms with E-state index in [4.69, 9.17) is 16.2 Å². The summed E-state index contributed by atoms with van der Waals surface area (Å²) in [6, 6.07) is 4.53. The van der Waals surface area contributed by atoms with E-state index in [0.29, 0.717) is 35.7 Å². The molecule has 30 heavy (non-hydrogen) atoms. The molecule has 7 heteroatoms. The predicted octanol–water partition coefficient (Wildman–Crippen LogP) is 4.08. The lowest BCUT2D eigenvalue weighted by atomic mass is 9.91. The predicted molar refractivity (Wildman–Crippen MR) is 118 cm³/mol. The molecule has 0 saturated heterocycles. The van der Waals surface area contributed by atoms with Gasteiger partial charge < -0.3 is 10.1 Å². The van der Waals surface area contributed by atoms with Crippen LogP contribution >= 0.6 is 0 Å². The number of terminal acetylenes is 1. The fourth-order valence-electron chi connectivity index (χ4n) is 4.74. The van der Waals surface area contributed by atoms with E-state index in [0.717, 1.165) is 12.0 Å². The first-order chi connectivity index (χ1) is 14.0. The molecule has 1 unspecified atom stereocenters. The van der Waals surface area contributed by atoms with Crippen molar-refractivity contribution in [3.8, 4) is 12.3 Å². The molecule has 1 aliphatic carbocycles. The van der Waals surface area contributed by atoms with Gasteiger partial charge in [0.05, 0.1) is 15.5 Å². The average Bonchev–Trinajstić information content (AvgIpc) is 3.06. The second-order valence-electron chi connectivity index (χ2n) is 9.48. The minimum atomic E-state index is -2.73. The molecule has 0 amide bonds. The molecule has 1 fully saturated rings. The van der Waals surface area contributed by atoms with Crippen molar-refractivity contribution in [2.45, 2.75) is 62.8 Å². The molecule has 1 aromatic rings. The van der Waals surface area contributed by atoms with Crippen LogP contribution in [0.5, 0.6) is 0 Å². The smallest absolute Gasteiger partial charge is 0.191 e. The number of ether oxygens (including phenoxy) is 1. The second kappa shape index (κ2) is 6.58. The molecule has 0 aromatic heterocycles. The number of fused-ring (bicyclic) bond motifs is 1. The first kappa shape index (κ1) is 20.9. The normalized spacial score (nSPS) is 32.6. The van der Waals surface area contributed by atoms with E-state index < -0.39 is 25.8 Å². The molecule has 2 heterocycles. The number of hydrogen-bond donors (Lipinski definition) is 1. The lowest BCUT2D eigenvalue weighted by Crippen LogP contribution is -2.59. The Morgan fingerprint density at radius 3 is 2.77 bits per heavy atom. The van der Waals surface area contributed by atoms with Crippen molar-refractivity contribution in [2.75, 3.05) is 12.8 Å². The summed E-state index contributed by atoms with van der Waals surface area (Å²) in [4.78, 5) is 4.98. The zero-order chi connectivity index (χ0) is 21.9. The minimum absolute atomic E-state index is 0.148. The maximum atomic E-state index is 14.9. The average molecular weight is 430 g/mol. The van der Waals surface area contributed by atoms with E-state index in [1.54, 1.807) is 26.1 Å². The van der Waals surface area contributed by atoms with Gasteiger partial charge in [-0.25, -0.2) is 13.0 Å². The second-order valence-corrected chi connectivity index (χ2v) is 12.2. The third kappa shape index (κ3) is 3.04. The summed E-state index contributed by atoms with van der Waals surface area (Å²) in [6.07, 6.45) is 7.60. The van der Waals surface area contributed by atoms with Crippen molar-refractivity contribution in [3.05, 3.63) is 46.6 Å². The highest BCUT2D eigenvalue weighted by atomic mass is 32.2. The molecule has 1 spiro atoms. The summed E-state index contributed by atoms with van der Waals surface area (Å²) in [5, 5.41) is 3.33. The number of nitrogens with zero attached hydrogens (tertiary/aromatic N) is 2. The molecule has 2 aliphatic heterocycles. The third-order valence-corrected chi connectivity index (χ3v) is 9.48. The number of nitrogens with one attached hydrogen (secondary N) is 1. The zero-order valence-corrected chi connectivity index (χ0v) is 19.0. The number of benzene rings is 1. The van der Waals surface area contributed by atoms with Crippen LogP contribution in [0.15, 0.2) is 39.0 Å². The lowest BCUT2D eigenvalue weighted by Gasteiger charge is -2.45. The van der Waals surface area contributed by atoms with E-state index in [-0.39, 0.29) is 11.4 Å². The minimum Gasteiger partial charge on any atom is -0.473 e. The Labute approximate surface area is 178 Å². The van der Waals surface area contributed by atoms with Crippen molar-refractivity contribution >= 4 is 15.6 Å². The first-order valence-corrected chi connectivity index (χ1v) is 11.8. The maximum absolute atomic E-state index is 14.9. The highest BCUT2D eigenvalue weighted by Gasteiger charge is 2.59. The molecular weight excluding hydrogens is 401 g/mol. The van der Waals surface area contributed by atoms with Gasteiger partial charge >= 0.3 is 0 Å². The molecule has 1 aromatic carbocycles. The van der Waals surface area contributed by atoms with Crippen LogP contribution in [0.2, 0.25) is 0 Å². The van der Waals surface area contributed by atoms with Crippen LogP contribution in [0.25, 0.3) is 0 Å². The van der Waals surface area contributed by atoms with Gasteiger partial charge in [0.25, 0.3) is 0 Å². The van der Waals surface area contributed by atoms with Crippen LogP contribution in [-0.4, -0.2) is 33.2 Å². The standard InChI is InChI=1S/C23H28FN3O2S/c1-7-15-8-9-18(24)17(12-15)22(5)14-30(28,25-6)23-11-10-16(13-23)19(26-20(23)27-22)29-21(2,3)4/h1,8-9,12H,10-11,13-14H2,2-6H3,(H,26,27)/t22-,23?,30-/m0/s1. The van der Waals surface area contributed by atoms with Gasteiger partial charge in [0.1, 0.15) is 27.5 Å². The maximum Gasteiger partial charge on any atom is 0.191 e. The Hall–Kier alpha value is -2.33. The summed E-state index contributed by atoms with van der Waals surface area (Å²) in [5.41, 5.74) is 0.562. The van der Waals surface area contributed by atoms with Crippen molar-refractivity contribution in [1.29, 1.82) is 0 Å². The van der Waals surface area contributed by atoms with E-state index in [1.165, 1.54) is 6.07 Å². The number of rotatable bonds is 2. The largest absolute Gasteiger partial charge is 0.473 e. The van der Waals surface area contributed by atoms with Gasteiger partial charge in [-0.3, -0.25) is 4.99 Å². The Bertz CT molecular complexity index is 1150. The van der Waals surface area contributed by atoms with Gasteiger partial charge in [-0.2, -0.15) is 0 Å². The Kier molecular flexibility index (Phi) is 4.59. The summed E-state index contributed by atoms with van der Waals surface area (Å²) >= 11 is 0. The highest BCUT2D eigenvalue weighted by molar-refractivity contribution is 7.96. The summed E-state index contributed by atoms with van der Waals surface area (Å²) < 4.78 is 39.0. The summed E-state index contributed by atoms with van der Waals surface area (Å²) in [6.45, 7) is 7.75. The van der Waals surface area contributed by atoms with Gasteiger partial charge in [0.2, 0.25) is 0 Å². The zero-order valence-electron chi connectivity index (χ0n) is 18.1. The Balaban J connectivity index is 1.91. The van der Waals surface area contributed by atoms with Crippen LogP contribution in [0.3, 0.4) is 0 Å². The highest BCUT2D eigenvalue weighted by Crippen LogP contribution is 2.51. The van der Waals surface area contributed by atoms with Crippen molar-refractivity contribution in [3.63, 3.8) is 0 Å². The van der Waals surface area contributed by atoms with Gasteiger partial charge in [0.15, 0.2) is 5.88 Å². The molecule has 2 bridgehead atoms. The third-order valence-electron chi connectivity index (χ3n) is 6.18. The SMILES string of the molecule is C#Cc1ccc(F)c([C@]2(C)C[S@@](=O)(=NC)C34CCC(=C(OC(C)(C)C)NC3=N2)C4)c1. The van der Waals surface area contributed by atoms with E-state index >= 15 is 0 Å². The lowest BCUT2D eigenvalue weighted by molar-refractivity contribution is 0.0418. The van der Waals surface area contributed by atoms with Crippen LogP contribution < -0.4 is 5.32 Å². The molecule has 1 saturated carbocycles. The van der Waals surface area contributed by atoms with Crippen molar-refractivity contribution < 1.29 is 13.3 Å². The molecule has 4 rings (SSSR count). The molecule has 5 nitrogen and oxygen atoms in total. The van der Waals surface area contributed by atoms with Gasteiger partial charge in [-0.15, -0.1) is 6.42 Å². The molecule has 160 valence electrons. The Morgan fingerprint density at radius 2 is 2.13 bits per heavy atom. The summed E-state index contributed by atoms with van der Waals surface area (Å²) in [7, 11) is -1.14. The van der Waals surface area contributed by atoms with Crippen molar-refractivity contribution in [1.82, 2.24) is 5.32 Å². The van der Waals surface area contributed by atoms with Crippen LogP contribution in [0.1, 0.15) is 58.1 Å². The van der Waals surface area contributed by atoms with Gasteiger partial charge in [0, 0.05) is 18.2 Å². The van der Waals surface area contributed by atoms with E-state index in [9.17, 15) is 8.60 Å².